The normalized spacial score (nSPS) is 20.4. The van der Waals surface area contributed by atoms with Crippen LogP contribution in [0, 0.1) is 5.92 Å². The molecule has 1 fully saturated rings. The molecule has 0 atom stereocenters. The molecule has 2 aliphatic rings. The van der Waals surface area contributed by atoms with Crippen molar-refractivity contribution in [1.29, 1.82) is 0 Å². The van der Waals surface area contributed by atoms with Gasteiger partial charge >= 0.3 is 0 Å². The third kappa shape index (κ3) is 3.44. The number of nitrogens with zero attached hydrogens (tertiary/aromatic N) is 2. The first-order valence-corrected chi connectivity index (χ1v) is 7.93. The quantitative estimate of drug-likeness (QED) is 0.807. The average Bonchev–Trinajstić information content (AvgIpc) is 2.88. The van der Waals surface area contributed by atoms with E-state index in [1.807, 2.05) is 0 Å². The lowest BCUT2D eigenvalue weighted by atomic mass is 9.99. The zero-order chi connectivity index (χ0) is 13.8. The number of hydrazine groups is 2. The molecular formula is C16H26N4. The Morgan fingerprint density at radius 3 is 2.25 bits per heavy atom. The third-order valence-corrected chi connectivity index (χ3v) is 4.42. The molecule has 110 valence electrons. The first-order chi connectivity index (χ1) is 9.81. The number of nitrogens with one attached hydrogen (secondary N) is 2. The molecular weight excluding hydrogens is 248 g/mol. The van der Waals surface area contributed by atoms with Crippen LogP contribution >= 0.6 is 0 Å². The Morgan fingerprint density at radius 2 is 1.60 bits per heavy atom. The summed E-state index contributed by atoms with van der Waals surface area (Å²) >= 11 is 0. The summed E-state index contributed by atoms with van der Waals surface area (Å²) in [6.07, 6.45) is 5.26. The molecule has 0 radical (unpaired) electrons. The Kier molecular flexibility index (Phi) is 4.43. The van der Waals surface area contributed by atoms with E-state index in [1.54, 1.807) is 0 Å². The number of piperidine rings is 1. The summed E-state index contributed by atoms with van der Waals surface area (Å²) in [4.78, 5) is 2.62. The number of para-hydroxylation sites is 2. The van der Waals surface area contributed by atoms with E-state index in [0.29, 0.717) is 0 Å². The molecule has 0 saturated carbocycles. The molecule has 4 heteroatoms. The first kappa shape index (κ1) is 13.7. The van der Waals surface area contributed by atoms with Gasteiger partial charge in [-0.05, 0) is 63.4 Å². The lowest BCUT2D eigenvalue weighted by molar-refractivity contribution is 0.187. The second-order valence-corrected chi connectivity index (χ2v) is 6.15. The molecule has 0 unspecified atom stereocenters. The molecule has 1 aromatic carbocycles. The Hall–Kier alpha value is -1.26. The molecule has 0 spiro atoms. The van der Waals surface area contributed by atoms with Gasteiger partial charge in [-0.1, -0.05) is 19.1 Å². The number of likely N-dealkylation sites (tertiary alicyclic amines) is 1. The monoisotopic (exact) mass is 274 g/mol. The summed E-state index contributed by atoms with van der Waals surface area (Å²) in [5.41, 5.74) is 9.13. The smallest absolute Gasteiger partial charge is 0.0753 e. The van der Waals surface area contributed by atoms with Crippen molar-refractivity contribution in [2.75, 3.05) is 37.0 Å². The summed E-state index contributed by atoms with van der Waals surface area (Å²) < 4.78 is 0. The van der Waals surface area contributed by atoms with Crippen molar-refractivity contribution in [3.05, 3.63) is 24.3 Å². The van der Waals surface area contributed by atoms with Gasteiger partial charge < -0.3 is 4.90 Å². The van der Waals surface area contributed by atoms with Crippen molar-refractivity contribution >= 4 is 11.4 Å². The summed E-state index contributed by atoms with van der Waals surface area (Å²) in [6, 6.07) is 8.34. The maximum Gasteiger partial charge on any atom is 0.0753 e. The molecule has 4 nitrogen and oxygen atoms in total. The van der Waals surface area contributed by atoms with E-state index >= 15 is 0 Å². The van der Waals surface area contributed by atoms with E-state index in [9.17, 15) is 0 Å². The maximum absolute atomic E-state index is 3.39. The van der Waals surface area contributed by atoms with Crippen molar-refractivity contribution in [2.24, 2.45) is 5.92 Å². The number of rotatable bonds is 5. The predicted molar refractivity (Wildman–Crippen MR) is 84.5 cm³/mol. The Morgan fingerprint density at radius 1 is 1.00 bits per heavy atom. The van der Waals surface area contributed by atoms with E-state index in [0.717, 1.165) is 12.5 Å². The topological polar surface area (TPSA) is 30.5 Å². The summed E-state index contributed by atoms with van der Waals surface area (Å²) in [7, 11) is 0. The highest BCUT2D eigenvalue weighted by atomic mass is 15.8. The molecule has 0 bridgehead atoms. The van der Waals surface area contributed by atoms with Crippen LogP contribution in [0.5, 0.6) is 0 Å². The largest absolute Gasteiger partial charge is 0.303 e. The third-order valence-electron chi connectivity index (χ3n) is 4.42. The average molecular weight is 274 g/mol. The fourth-order valence-corrected chi connectivity index (χ4v) is 3.00. The fourth-order valence-electron chi connectivity index (χ4n) is 3.00. The molecule has 20 heavy (non-hydrogen) atoms. The lowest BCUT2D eigenvalue weighted by Crippen LogP contribution is -2.34. The fraction of sp³-hybridized carbons (Fsp3) is 0.625. The van der Waals surface area contributed by atoms with E-state index < -0.39 is 0 Å². The van der Waals surface area contributed by atoms with Gasteiger partial charge in [0.1, 0.15) is 0 Å². The van der Waals surface area contributed by atoms with Crippen molar-refractivity contribution in [3.63, 3.8) is 0 Å². The van der Waals surface area contributed by atoms with Gasteiger partial charge in [0, 0.05) is 6.54 Å². The molecule has 0 aromatic heterocycles. The van der Waals surface area contributed by atoms with Crippen molar-refractivity contribution < 1.29 is 0 Å². The minimum atomic E-state index is 0.933. The summed E-state index contributed by atoms with van der Waals surface area (Å²) in [5.74, 6) is 0.933. The SMILES string of the molecule is CC1CCN(CCCCN2Nc3ccccc3N2)CC1. The van der Waals surface area contributed by atoms with Crippen molar-refractivity contribution in [2.45, 2.75) is 32.6 Å². The van der Waals surface area contributed by atoms with Crippen molar-refractivity contribution in [3.8, 4) is 0 Å². The van der Waals surface area contributed by atoms with Crippen LogP contribution in [0.15, 0.2) is 24.3 Å². The Labute approximate surface area is 122 Å². The van der Waals surface area contributed by atoms with Crippen LogP contribution in [0.3, 0.4) is 0 Å². The maximum atomic E-state index is 3.39. The molecule has 0 amide bonds. The number of fused-ring (bicyclic) bond motifs is 1. The van der Waals surface area contributed by atoms with Crippen LogP contribution < -0.4 is 10.9 Å². The summed E-state index contributed by atoms with van der Waals surface area (Å²) in [5, 5.41) is 2.10. The molecule has 2 N–H and O–H groups in total. The molecule has 2 heterocycles. The van der Waals surface area contributed by atoms with Crippen LogP contribution in [-0.4, -0.2) is 36.2 Å². The van der Waals surface area contributed by atoms with Gasteiger partial charge in [-0.2, -0.15) is 0 Å². The van der Waals surface area contributed by atoms with Crippen LogP contribution in [0.1, 0.15) is 32.6 Å². The first-order valence-electron chi connectivity index (χ1n) is 7.93. The number of hydrogen-bond acceptors (Lipinski definition) is 4. The van der Waals surface area contributed by atoms with Crippen LogP contribution in [0.25, 0.3) is 0 Å². The van der Waals surface area contributed by atoms with Gasteiger partial charge in [0.15, 0.2) is 0 Å². The molecule has 2 aliphatic heterocycles. The summed E-state index contributed by atoms with van der Waals surface area (Å²) in [6.45, 7) is 7.27. The van der Waals surface area contributed by atoms with E-state index in [-0.39, 0.29) is 0 Å². The Bertz CT molecular complexity index is 401. The number of hydrogen-bond donors (Lipinski definition) is 2. The number of benzene rings is 1. The minimum Gasteiger partial charge on any atom is -0.303 e. The highest BCUT2D eigenvalue weighted by molar-refractivity contribution is 5.71. The second kappa shape index (κ2) is 6.46. The molecule has 1 saturated heterocycles. The van der Waals surface area contributed by atoms with Crippen LogP contribution in [0.2, 0.25) is 0 Å². The van der Waals surface area contributed by atoms with Gasteiger partial charge in [-0.3, -0.25) is 10.9 Å². The predicted octanol–water partition coefficient (Wildman–Crippen LogP) is 3.17. The van der Waals surface area contributed by atoms with Crippen LogP contribution in [0.4, 0.5) is 11.4 Å². The standard InChI is InChI=1S/C16H26N4/c1-14-8-12-19(13-9-14)10-4-5-11-20-17-15-6-2-3-7-16(15)18-20/h2-3,6-7,14,17-18H,4-5,8-13H2,1H3. The van der Waals surface area contributed by atoms with Gasteiger partial charge in [0.05, 0.1) is 11.4 Å². The highest BCUT2D eigenvalue weighted by Crippen LogP contribution is 2.27. The number of unbranched alkanes of at least 4 members (excludes halogenated alkanes) is 1. The lowest BCUT2D eigenvalue weighted by Gasteiger charge is -2.30. The number of anilines is 2. The molecule has 1 aromatic rings. The van der Waals surface area contributed by atoms with Gasteiger partial charge in [0.25, 0.3) is 0 Å². The Balaban J connectivity index is 1.32. The van der Waals surface area contributed by atoms with Gasteiger partial charge in [0.2, 0.25) is 0 Å². The minimum absolute atomic E-state index is 0.933. The van der Waals surface area contributed by atoms with E-state index in [4.69, 9.17) is 0 Å². The van der Waals surface area contributed by atoms with E-state index in [1.165, 1.54) is 56.7 Å². The van der Waals surface area contributed by atoms with Gasteiger partial charge in [-0.15, -0.1) is 5.12 Å². The zero-order valence-electron chi connectivity index (χ0n) is 12.4. The van der Waals surface area contributed by atoms with E-state index in [2.05, 4.69) is 52.1 Å². The van der Waals surface area contributed by atoms with Gasteiger partial charge in [-0.25, -0.2) is 0 Å². The highest BCUT2D eigenvalue weighted by Gasteiger charge is 2.17. The van der Waals surface area contributed by atoms with Crippen molar-refractivity contribution in [1.82, 2.24) is 10.0 Å². The second-order valence-electron chi connectivity index (χ2n) is 6.15. The van der Waals surface area contributed by atoms with Crippen LogP contribution in [-0.2, 0) is 0 Å². The zero-order valence-corrected chi connectivity index (χ0v) is 12.4. The molecule has 0 aliphatic carbocycles. The molecule has 3 rings (SSSR count).